The lowest BCUT2D eigenvalue weighted by atomic mass is 10.0. The Bertz CT molecular complexity index is 3190. The average Bonchev–Trinajstić information content (AvgIpc) is 3.75. The molecule has 52 heavy (non-hydrogen) atoms. The lowest BCUT2D eigenvalue weighted by molar-refractivity contribution is 0.666. The molecular formula is C47H28N4O. The van der Waals surface area contributed by atoms with E-state index >= 15 is 0 Å². The van der Waals surface area contributed by atoms with Gasteiger partial charge in [0.05, 0.1) is 11.0 Å². The van der Waals surface area contributed by atoms with E-state index in [1.807, 2.05) is 42.5 Å². The van der Waals surface area contributed by atoms with Crippen LogP contribution in [0.4, 0.5) is 0 Å². The van der Waals surface area contributed by atoms with Crippen molar-refractivity contribution in [1.82, 2.24) is 19.5 Å². The van der Waals surface area contributed by atoms with Crippen molar-refractivity contribution in [3.63, 3.8) is 0 Å². The molecule has 0 saturated heterocycles. The van der Waals surface area contributed by atoms with Crippen molar-refractivity contribution < 1.29 is 4.42 Å². The molecule has 0 amide bonds. The number of hydrogen-bond acceptors (Lipinski definition) is 4. The van der Waals surface area contributed by atoms with Gasteiger partial charge in [0.1, 0.15) is 11.3 Å². The van der Waals surface area contributed by atoms with Crippen molar-refractivity contribution in [3.05, 3.63) is 170 Å². The minimum Gasteiger partial charge on any atom is -0.454 e. The lowest BCUT2D eigenvalue weighted by Gasteiger charge is -2.15. The monoisotopic (exact) mass is 664 g/mol. The van der Waals surface area contributed by atoms with Crippen molar-refractivity contribution >= 4 is 65.3 Å². The third kappa shape index (κ3) is 4.39. The molecule has 0 bridgehead atoms. The van der Waals surface area contributed by atoms with Gasteiger partial charge in [-0.25, -0.2) is 15.0 Å². The number of para-hydroxylation sites is 2. The molecule has 0 aliphatic carbocycles. The standard InChI is InChI=1S/C47H28N4O/c1-2-13-30(14-3-1)45-48-46(34-23-22-29-12-4-5-15-31(29)26-34)50-47(49-45)38-25-24-37-36-19-9-11-21-42(36)52-44(37)43(38)51-40-20-10-8-18-35(40)39-27-32-16-6-7-17-33(32)28-41(39)51/h1-28H. The summed E-state index contributed by atoms with van der Waals surface area (Å²) in [7, 11) is 0. The number of furan rings is 1. The first-order valence-electron chi connectivity index (χ1n) is 17.4. The Hall–Kier alpha value is -7.11. The molecule has 242 valence electrons. The molecule has 3 heterocycles. The molecule has 0 spiro atoms. The van der Waals surface area contributed by atoms with Crippen LogP contribution < -0.4 is 0 Å². The van der Waals surface area contributed by atoms with Crippen LogP contribution in [0.2, 0.25) is 0 Å². The van der Waals surface area contributed by atoms with Gasteiger partial charge in [-0.15, -0.1) is 0 Å². The highest BCUT2D eigenvalue weighted by atomic mass is 16.3. The Morgan fingerprint density at radius 2 is 1.02 bits per heavy atom. The lowest BCUT2D eigenvalue weighted by Crippen LogP contribution is -2.04. The summed E-state index contributed by atoms with van der Waals surface area (Å²) in [6, 6.07) is 59.1. The predicted molar refractivity (Wildman–Crippen MR) is 213 cm³/mol. The van der Waals surface area contributed by atoms with E-state index in [2.05, 4.69) is 132 Å². The summed E-state index contributed by atoms with van der Waals surface area (Å²) < 4.78 is 9.19. The Labute approximate surface area is 298 Å². The first-order chi connectivity index (χ1) is 25.8. The van der Waals surface area contributed by atoms with Gasteiger partial charge in [0.2, 0.25) is 0 Å². The summed E-state index contributed by atoms with van der Waals surface area (Å²) in [5, 5.41) is 9.10. The maximum atomic E-state index is 6.84. The summed E-state index contributed by atoms with van der Waals surface area (Å²) in [6.07, 6.45) is 0. The molecule has 0 aliphatic rings. The Balaban J connectivity index is 1.27. The van der Waals surface area contributed by atoms with Crippen LogP contribution >= 0.6 is 0 Å². The number of rotatable bonds is 4. The topological polar surface area (TPSA) is 56.7 Å². The largest absolute Gasteiger partial charge is 0.454 e. The maximum Gasteiger partial charge on any atom is 0.166 e. The smallest absolute Gasteiger partial charge is 0.166 e. The summed E-state index contributed by atoms with van der Waals surface area (Å²) in [5.41, 5.74) is 7.37. The average molecular weight is 665 g/mol. The van der Waals surface area contributed by atoms with Crippen LogP contribution in [-0.2, 0) is 0 Å². The van der Waals surface area contributed by atoms with E-state index in [1.54, 1.807) is 0 Å². The summed E-state index contributed by atoms with van der Waals surface area (Å²) in [4.78, 5) is 15.6. The molecule has 0 unspecified atom stereocenters. The molecule has 5 nitrogen and oxygen atoms in total. The van der Waals surface area contributed by atoms with Gasteiger partial charge in [-0.3, -0.25) is 0 Å². The number of benzene rings is 8. The quantitative estimate of drug-likeness (QED) is 0.188. The highest BCUT2D eigenvalue weighted by molar-refractivity contribution is 6.16. The summed E-state index contributed by atoms with van der Waals surface area (Å²) in [5.74, 6) is 1.79. The van der Waals surface area contributed by atoms with E-state index in [4.69, 9.17) is 19.4 Å². The third-order valence-electron chi connectivity index (χ3n) is 10.2. The molecule has 3 aromatic heterocycles. The van der Waals surface area contributed by atoms with Crippen LogP contribution in [0.25, 0.3) is 105 Å². The first kappa shape index (κ1) is 28.7. The van der Waals surface area contributed by atoms with E-state index < -0.39 is 0 Å². The molecule has 0 aliphatic heterocycles. The number of hydrogen-bond donors (Lipinski definition) is 0. The predicted octanol–water partition coefficient (Wildman–Crippen LogP) is 12.2. The molecule has 0 radical (unpaired) electrons. The van der Waals surface area contributed by atoms with Crippen molar-refractivity contribution in [1.29, 1.82) is 0 Å². The Morgan fingerprint density at radius 1 is 0.385 bits per heavy atom. The van der Waals surface area contributed by atoms with Gasteiger partial charge in [0.15, 0.2) is 23.1 Å². The van der Waals surface area contributed by atoms with Crippen LogP contribution in [-0.4, -0.2) is 19.5 Å². The fraction of sp³-hybridized carbons (Fsp3) is 0. The van der Waals surface area contributed by atoms with Crippen molar-refractivity contribution in [2.75, 3.05) is 0 Å². The van der Waals surface area contributed by atoms with E-state index in [-0.39, 0.29) is 0 Å². The maximum absolute atomic E-state index is 6.84. The van der Waals surface area contributed by atoms with Crippen molar-refractivity contribution in [2.24, 2.45) is 0 Å². The zero-order chi connectivity index (χ0) is 34.2. The molecule has 0 saturated carbocycles. The van der Waals surface area contributed by atoms with E-state index in [0.29, 0.717) is 17.5 Å². The van der Waals surface area contributed by atoms with Crippen LogP contribution in [0.3, 0.4) is 0 Å². The van der Waals surface area contributed by atoms with Gasteiger partial charge in [-0.1, -0.05) is 127 Å². The molecule has 0 atom stereocenters. The van der Waals surface area contributed by atoms with Crippen LogP contribution in [0.15, 0.2) is 174 Å². The van der Waals surface area contributed by atoms with Crippen LogP contribution in [0.5, 0.6) is 0 Å². The zero-order valence-electron chi connectivity index (χ0n) is 27.9. The summed E-state index contributed by atoms with van der Waals surface area (Å²) >= 11 is 0. The molecule has 5 heteroatoms. The summed E-state index contributed by atoms with van der Waals surface area (Å²) in [6.45, 7) is 0. The Morgan fingerprint density at radius 3 is 1.85 bits per heavy atom. The number of nitrogens with zero attached hydrogens (tertiary/aromatic N) is 4. The second kappa shape index (κ2) is 11.2. The fourth-order valence-corrected chi connectivity index (χ4v) is 7.74. The second-order valence-corrected chi connectivity index (χ2v) is 13.2. The van der Waals surface area contributed by atoms with Gasteiger partial charge in [-0.2, -0.15) is 0 Å². The SMILES string of the molecule is c1ccc(-c2nc(-c3ccc4ccccc4c3)nc(-c3ccc4c(oc5ccccc54)c3-n3c4ccccc4c4cc5ccccc5cc43)n2)cc1. The van der Waals surface area contributed by atoms with Crippen molar-refractivity contribution in [3.8, 4) is 39.9 Å². The molecular weight excluding hydrogens is 637 g/mol. The van der Waals surface area contributed by atoms with Gasteiger partial charge in [0.25, 0.3) is 0 Å². The van der Waals surface area contributed by atoms with Crippen LogP contribution in [0, 0.1) is 0 Å². The normalized spacial score (nSPS) is 11.8. The molecule has 0 fully saturated rings. The Kier molecular flexibility index (Phi) is 6.18. The minimum atomic E-state index is 0.570. The van der Waals surface area contributed by atoms with Crippen molar-refractivity contribution in [2.45, 2.75) is 0 Å². The van der Waals surface area contributed by atoms with E-state index in [9.17, 15) is 0 Å². The number of fused-ring (bicyclic) bond motifs is 8. The van der Waals surface area contributed by atoms with Gasteiger partial charge < -0.3 is 8.98 Å². The van der Waals surface area contributed by atoms with E-state index in [1.165, 1.54) is 26.9 Å². The molecule has 8 aromatic carbocycles. The van der Waals surface area contributed by atoms with E-state index in [0.717, 1.165) is 60.7 Å². The van der Waals surface area contributed by atoms with Crippen LogP contribution in [0.1, 0.15) is 0 Å². The molecule has 11 aromatic rings. The van der Waals surface area contributed by atoms with Gasteiger partial charge >= 0.3 is 0 Å². The highest BCUT2D eigenvalue weighted by Crippen LogP contribution is 2.43. The zero-order valence-corrected chi connectivity index (χ0v) is 27.9. The molecule has 11 rings (SSSR count). The first-order valence-corrected chi connectivity index (χ1v) is 17.4. The van der Waals surface area contributed by atoms with Gasteiger partial charge in [0, 0.05) is 38.2 Å². The highest BCUT2D eigenvalue weighted by Gasteiger charge is 2.24. The third-order valence-corrected chi connectivity index (χ3v) is 10.2. The number of aromatic nitrogens is 4. The van der Waals surface area contributed by atoms with Gasteiger partial charge in [-0.05, 0) is 64.0 Å². The fourth-order valence-electron chi connectivity index (χ4n) is 7.74. The molecule has 0 N–H and O–H groups in total. The second-order valence-electron chi connectivity index (χ2n) is 13.2. The minimum absolute atomic E-state index is 0.570.